The summed E-state index contributed by atoms with van der Waals surface area (Å²) < 4.78 is 61.3. The highest BCUT2D eigenvalue weighted by molar-refractivity contribution is 7.90. The first-order chi connectivity index (χ1) is 13.6. The lowest BCUT2D eigenvalue weighted by atomic mass is 9.98. The molecule has 3 N–H and O–H groups in total. The second-order valence-electron chi connectivity index (χ2n) is 7.38. The summed E-state index contributed by atoms with van der Waals surface area (Å²) in [6, 6.07) is 0.354. The van der Waals surface area contributed by atoms with Crippen LogP contribution in [-0.2, 0) is 14.8 Å². The van der Waals surface area contributed by atoms with Crippen LogP contribution in [0.5, 0.6) is 0 Å². The van der Waals surface area contributed by atoms with E-state index >= 15 is 0 Å². The van der Waals surface area contributed by atoms with Crippen LogP contribution in [0.3, 0.4) is 0 Å². The Hall–Kier alpha value is -1.56. The van der Waals surface area contributed by atoms with E-state index in [4.69, 9.17) is 0 Å². The number of piperidine rings is 1. The summed E-state index contributed by atoms with van der Waals surface area (Å²) in [6.07, 6.45) is 3.88. The van der Waals surface area contributed by atoms with E-state index < -0.39 is 15.5 Å². The molecule has 168 valence electrons. The van der Waals surface area contributed by atoms with Gasteiger partial charge in [0.2, 0.25) is 5.91 Å². The topological polar surface area (TPSA) is 103 Å². The molecule has 2 aliphatic rings. The van der Waals surface area contributed by atoms with Crippen molar-refractivity contribution in [2.45, 2.75) is 57.0 Å². The van der Waals surface area contributed by atoms with Crippen LogP contribution in [0.2, 0.25) is 0 Å². The summed E-state index contributed by atoms with van der Waals surface area (Å²) in [7, 11) is -5.25. The summed E-state index contributed by atoms with van der Waals surface area (Å²) in [5.74, 6) is 0.659. The van der Waals surface area contributed by atoms with Gasteiger partial charge in [-0.1, -0.05) is 0 Å². The van der Waals surface area contributed by atoms with Crippen LogP contribution in [-0.4, -0.2) is 68.9 Å². The Morgan fingerprint density at radius 1 is 1.14 bits per heavy atom. The zero-order chi connectivity index (χ0) is 21.5. The van der Waals surface area contributed by atoms with Crippen molar-refractivity contribution < 1.29 is 26.4 Å². The van der Waals surface area contributed by atoms with Gasteiger partial charge >= 0.3 is 15.5 Å². The van der Waals surface area contributed by atoms with Gasteiger partial charge < -0.3 is 16.0 Å². The third kappa shape index (κ3) is 7.65. The summed E-state index contributed by atoms with van der Waals surface area (Å²) in [5.41, 5.74) is -5.25. The van der Waals surface area contributed by atoms with Gasteiger partial charge in [-0.15, -0.1) is 0 Å². The largest absolute Gasteiger partial charge is 0.511 e. The first kappa shape index (κ1) is 23.7. The van der Waals surface area contributed by atoms with E-state index in [1.165, 1.54) is 0 Å². The molecule has 0 aromatic rings. The molecule has 0 radical (unpaired) electrons. The molecule has 0 aromatic carbocycles. The fourth-order valence-corrected chi connectivity index (χ4v) is 4.01. The number of hydrogen-bond donors (Lipinski definition) is 3. The van der Waals surface area contributed by atoms with Gasteiger partial charge in [-0.05, 0) is 44.9 Å². The van der Waals surface area contributed by atoms with Crippen molar-refractivity contribution in [3.8, 4) is 0 Å². The predicted octanol–water partition coefficient (Wildman–Crippen LogP) is 1.16. The molecule has 0 spiro atoms. The first-order valence-electron chi connectivity index (χ1n) is 10.0. The second-order valence-corrected chi connectivity index (χ2v) is 9.31. The Morgan fingerprint density at radius 2 is 1.79 bits per heavy atom. The molecule has 0 bridgehead atoms. The molecule has 1 heterocycles. The van der Waals surface area contributed by atoms with E-state index in [1.807, 2.05) is 6.92 Å². The van der Waals surface area contributed by atoms with Crippen molar-refractivity contribution in [2.75, 3.05) is 32.7 Å². The summed E-state index contributed by atoms with van der Waals surface area (Å²) in [4.78, 5) is 16.1. The Morgan fingerprint density at radius 3 is 2.34 bits per heavy atom. The number of carbonyl (C=O) groups is 1. The number of nitrogens with zero attached hydrogens (tertiary/aromatic N) is 2. The fourth-order valence-electron chi connectivity index (χ4n) is 3.02. The van der Waals surface area contributed by atoms with E-state index in [2.05, 4.69) is 20.9 Å². The average Bonchev–Trinajstić information content (AvgIpc) is 3.46. The molecule has 0 atom stereocenters. The Labute approximate surface area is 169 Å². The predicted molar refractivity (Wildman–Crippen MR) is 104 cm³/mol. The minimum atomic E-state index is -5.25. The van der Waals surface area contributed by atoms with Crippen LogP contribution in [0, 0.1) is 5.92 Å². The van der Waals surface area contributed by atoms with Crippen LogP contribution >= 0.6 is 0 Å². The summed E-state index contributed by atoms with van der Waals surface area (Å²) in [5, 5.41) is 9.16. The molecule has 1 saturated carbocycles. The number of alkyl halides is 3. The van der Waals surface area contributed by atoms with Crippen LogP contribution in [0.4, 0.5) is 13.2 Å². The quantitative estimate of drug-likeness (QED) is 0.283. The molecule has 1 aliphatic heterocycles. The van der Waals surface area contributed by atoms with E-state index in [1.54, 1.807) is 0 Å². The third-order valence-electron chi connectivity index (χ3n) is 4.87. The highest BCUT2D eigenvalue weighted by Gasteiger charge is 2.50. The number of hydrogen-bond acceptors (Lipinski definition) is 4. The van der Waals surface area contributed by atoms with Gasteiger partial charge in [0.25, 0.3) is 0 Å². The minimum absolute atomic E-state index is 0.0226. The van der Waals surface area contributed by atoms with E-state index in [-0.39, 0.29) is 24.9 Å². The fraction of sp³-hybridized carbons (Fsp3) is 0.882. The lowest BCUT2D eigenvalue weighted by Gasteiger charge is -2.30. The molecule has 29 heavy (non-hydrogen) atoms. The number of aliphatic imine (C=N–C) groups is 1. The van der Waals surface area contributed by atoms with Gasteiger partial charge in [0.1, 0.15) is 0 Å². The molecule has 8 nitrogen and oxygen atoms in total. The number of carbonyl (C=O) groups excluding carboxylic acids is 1. The molecule has 1 amide bonds. The SMILES string of the molecule is CCNC(=NCC1CCN(S(=O)(=O)C(F)(F)F)CC1)NCCCC(=O)NC1CC1. The van der Waals surface area contributed by atoms with Crippen LogP contribution in [0.15, 0.2) is 4.99 Å². The average molecular weight is 442 g/mol. The third-order valence-corrected chi connectivity index (χ3v) is 6.50. The van der Waals surface area contributed by atoms with E-state index in [0.717, 1.165) is 12.8 Å². The van der Waals surface area contributed by atoms with Gasteiger partial charge in [-0.2, -0.15) is 17.5 Å². The number of amides is 1. The molecule has 1 saturated heterocycles. The lowest BCUT2D eigenvalue weighted by molar-refractivity contribution is -0.121. The van der Waals surface area contributed by atoms with Crippen molar-refractivity contribution >= 4 is 21.9 Å². The molecular formula is C17H30F3N5O3S. The number of rotatable bonds is 9. The number of halogens is 3. The zero-order valence-electron chi connectivity index (χ0n) is 16.6. The van der Waals surface area contributed by atoms with Gasteiger partial charge in [-0.3, -0.25) is 9.79 Å². The first-order valence-corrected chi connectivity index (χ1v) is 11.5. The number of guanidine groups is 1. The van der Waals surface area contributed by atoms with Gasteiger partial charge in [-0.25, -0.2) is 8.42 Å². The maximum Gasteiger partial charge on any atom is 0.511 e. The highest BCUT2D eigenvalue weighted by atomic mass is 32.2. The number of nitrogens with one attached hydrogen (secondary N) is 3. The van der Waals surface area contributed by atoms with Crippen molar-refractivity contribution in [3.05, 3.63) is 0 Å². The Balaban J connectivity index is 1.72. The van der Waals surface area contributed by atoms with Crippen molar-refractivity contribution in [1.29, 1.82) is 0 Å². The standard InChI is InChI=1S/C17H30F3N5O3S/c1-2-21-16(22-9-3-4-15(26)24-14-5-6-14)23-12-13-7-10-25(11-8-13)29(27,28)17(18,19)20/h13-14H,2-12H2,1H3,(H,24,26)(H2,21,22,23). The lowest BCUT2D eigenvalue weighted by Crippen LogP contribution is -2.45. The van der Waals surface area contributed by atoms with Crippen molar-refractivity contribution in [2.24, 2.45) is 10.9 Å². The summed E-state index contributed by atoms with van der Waals surface area (Å²) >= 11 is 0. The van der Waals surface area contributed by atoms with Crippen molar-refractivity contribution in [1.82, 2.24) is 20.3 Å². The summed E-state index contributed by atoms with van der Waals surface area (Å²) in [6.45, 7) is 3.24. The monoisotopic (exact) mass is 441 g/mol. The second kappa shape index (κ2) is 10.5. The molecule has 0 aromatic heterocycles. The molecule has 1 aliphatic carbocycles. The zero-order valence-corrected chi connectivity index (χ0v) is 17.4. The maximum atomic E-state index is 12.6. The molecule has 2 rings (SSSR count). The smallest absolute Gasteiger partial charge is 0.357 e. The highest BCUT2D eigenvalue weighted by Crippen LogP contribution is 2.30. The van der Waals surface area contributed by atoms with Crippen LogP contribution in [0.25, 0.3) is 0 Å². The van der Waals surface area contributed by atoms with Crippen molar-refractivity contribution in [3.63, 3.8) is 0 Å². The Kier molecular flexibility index (Phi) is 8.56. The maximum absolute atomic E-state index is 12.6. The van der Waals surface area contributed by atoms with Gasteiger partial charge in [0, 0.05) is 45.2 Å². The number of sulfonamides is 1. The van der Waals surface area contributed by atoms with Crippen LogP contribution < -0.4 is 16.0 Å². The molecule has 12 heteroatoms. The Bertz CT molecular complexity index is 672. The molecule has 0 unspecified atom stereocenters. The van der Waals surface area contributed by atoms with Crippen LogP contribution in [0.1, 0.15) is 45.4 Å². The normalized spacial score (nSPS) is 19.8. The van der Waals surface area contributed by atoms with E-state index in [0.29, 0.717) is 61.6 Å². The molecular weight excluding hydrogens is 411 g/mol. The van der Waals surface area contributed by atoms with E-state index in [9.17, 15) is 26.4 Å². The van der Waals surface area contributed by atoms with Gasteiger partial charge in [0.05, 0.1) is 0 Å². The van der Waals surface area contributed by atoms with Gasteiger partial charge in [0.15, 0.2) is 5.96 Å². The molecule has 2 fully saturated rings. The minimum Gasteiger partial charge on any atom is -0.357 e.